The lowest BCUT2D eigenvalue weighted by atomic mass is 10.1. The van der Waals surface area contributed by atoms with Gasteiger partial charge in [0.2, 0.25) is 0 Å². The van der Waals surface area contributed by atoms with Crippen molar-refractivity contribution in [3.05, 3.63) is 40.8 Å². The lowest BCUT2D eigenvalue weighted by Crippen LogP contribution is -2.12. The molecule has 0 saturated carbocycles. The highest BCUT2D eigenvalue weighted by Crippen LogP contribution is 2.34. The van der Waals surface area contributed by atoms with Crippen LogP contribution in [-0.2, 0) is 11.5 Å². The van der Waals surface area contributed by atoms with E-state index in [4.69, 9.17) is 5.84 Å². The van der Waals surface area contributed by atoms with E-state index in [0.29, 0.717) is 17.2 Å². The van der Waals surface area contributed by atoms with E-state index in [-0.39, 0.29) is 5.82 Å². The third kappa shape index (κ3) is 2.29. The number of nitrogens with two attached hydrogens (primary N) is 1. The smallest absolute Gasteiger partial charge is 0.161 e. The second-order valence-corrected chi connectivity index (χ2v) is 5.46. The van der Waals surface area contributed by atoms with E-state index >= 15 is 0 Å². The van der Waals surface area contributed by atoms with Crippen molar-refractivity contribution in [2.75, 3.05) is 5.43 Å². The number of hydrogen-bond donors (Lipinski definition) is 2. The minimum atomic E-state index is -0.282. The maximum absolute atomic E-state index is 13.5. The second-order valence-electron chi connectivity index (χ2n) is 4.48. The van der Waals surface area contributed by atoms with Gasteiger partial charge in [0.05, 0.1) is 5.69 Å². The van der Waals surface area contributed by atoms with E-state index in [1.807, 2.05) is 13.0 Å². The van der Waals surface area contributed by atoms with E-state index in [0.717, 1.165) is 28.3 Å². The van der Waals surface area contributed by atoms with Crippen LogP contribution in [0.5, 0.6) is 0 Å². The SMILES string of the molecule is Cc1cc(F)cc(-c2nc3c(c(NN)n2)CSC3)c1. The van der Waals surface area contributed by atoms with Crippen LogP contribution in [0.4, 0.5) is 10.2 Å². The van der Waals surface area contributed by atoms with Crippen LogP contribution >= 0.6 is 11.8 Å². The Morgan fingerprint density at radius 2 is 2.11 bits per heavy atom. The molecule has 0 unspecified atom stereocenters. The van der Waals surface area contributed by atoms with Gasteiger partial charge in [0.25, 0.3) is 0 Å². The van der Waals surface area contributed by atoms with Gasteiger partial charge < -0.3 is 5.43 Å². The van der Waals surface area contributed by atoms with Crippen molar-refractivity contribution in [2.45, 2.75) is 18.4 Å². The van der Waals surface area contributed by atoms with Crippen LogP contribution in [0.25, 0.3) is 11.4 Å². The van der Waals surface area contributed by atoms with Crippen LogP contribution < -0.4 is 11.3 Å². The maximum atomic E-state index is 13.5. The van der Waals surface area contributed by atoms with Crippen molar-refractivity contribution >= 4 is 17.6 Å². The van der Waals surface area contributed by atoms with Gasteiger partial charge in [-0.1, -0.05) is 0 Å². The van der Waals surface area contributed by atoms with Crippen LogP contribution in [0.2, 0.25) is 0 Å². The summed E-state index contributed by atoms with van der Waals surface area (Å²) < 4.78 is 13.5. The van der Waals surface area contributed by atoms with Crippen molar-refractivity contribution in [1.82, 2.24) is 9.97 Å². The fourth-order valence-electron chi connectivity index (χ4n) is 2.17. The number of nitrogens with one attached hydrogen (secondary N) is 1. The average molecular weight is 276 g/mol. The summed E-state index contributed by atoms with van der Waals surface area (Å²) in [6.45, 7) is 1.85. The van der Waals surface area contributed by atoms with Gasteiger partial charge in [0.15, 0.2) is 5.82 Å². The van der Waals surface area contributed by atoms with Crippen LogP contribution in [0.1, 0.15) is 16.8 Å². The molecule has 1 aromatic heterocycles. The van der Waals surface area contributed by atoms with Crippen molar-refractivity contribution in [1.29, 1.82) is 0 Å². The lowest BCUT2D eigenvalue weighted by molar-refractivity contribution is 0.627. The number of anilines is 1. The molecule has 0 amide bonds. The topological polar surface area (TPSA) is 63.8 Å². The molecule has 2 aromatic rings. The van der Waals surface area contributed by atoms with Crippen molar-refractivity contribution < 1.29 is 4.39 Å². The number of hydrogen-bond acceptors (Lipinski definition) is 5. The Labute approximate surface area is 114 Å². The lowest BCUT2D eigenvalue weighted by Gasteiger charge is -2.09. The van der Waals surface area contributed by atoms with Gasteiger partial charge in [0.1, 0.15) is 11.6 Å². The molecule has 0 saturated heterocycles. The summed E-state index contributed by atoms with van der Waals surface area (Å²) in [6.07, 6.45) is 0. The molecule has 0 aliphatic carbocycles. The van der Waals surface area contributed by atoms with Gasteiger partial charge in [-0.15, -0.1) is 0 Å². The molecule has 1 aliphatic heterocycles. The Morgan fingerprint density at radius 3 is 2.84 bits per heavy atom. The van der Waals surface area contributed by atoms with Crippen LogP contribution in [0.15, 0.2) is 18.2 Å². The monoisotopic (exact) mass is 276 g/mol. The second kappa shape index (κ2) is 4.79. The maximum Gasteiger partial charge on any atom is 0.161 e. The van der Waals surface area contributed by atoms with Crippen molar-refractivity contribution in [2.24, 2.45) is 5.84 Å². The molecular weight excluding hydrogens is 263 g/mol. The summed E-state index contributed by atoms with van der Waals surface area (Å²) in [5.41, 5.74) is 6.15. The molecule has 0 spiro atoms. The highest BCUT2D eigenvalue weighted by Gasteiger charge is 2.20. The zero-order chi connectivity index (χ0) is 13.4. The van der Waals surface area contributed by atoms with Gasteiger partial charge in [0, 0.05) is 22.6 Å². The van der Waals surface area contributed by atoms with Crippen LogP contribution in [-0.4, -0.2) is 9.97 Å². The van der Waals surface area contributed by atoms with Crippen LogP contribution in [0.3, 0.4) is 0 Å². The Morgan fingerprint density at radius 1 is 1.26 bits per heavy atom. The molecule has 6 heteroatoms. The summed E-state index contributed by atoms with van der Waals surface area (Å²) in [6, 6.07) is 4.79. The largest absolute Gasteiger partial charge is 0.308 e. The Balaban J connectivity index is 2.15. The number of hydrazine groups is 1. The van der Waals surface area contributed by atoms with E-state index in [1.54, 1.807) is 11.8 Å². The fourth-order valence-corrected chi connectivity index (χ4v) is 3.21. The third-order valence-electron chi connectivity index (χ3n) is 3.01. The molecule has 98 valence electrons. The minimum absolute atomic E-state index is 0.282. The summed E-state index contributed by atoms with van der Waals surface area (Å²) in [5.74, 6) is 8.07. The highest BCUT2D eigenvalue weighted by atomic mass is 32.2. The fraction of sp³-hybridized carbons (Fsp3) is 0.231. The first-order chi connectivity index (χ1) is 9.17. The quantitative estimate of drug-likeness (QED) is 0.652. The van der Waals surface area contributed by atoms with E-state index in [9.17, 15) is 4.39 Å². The number of aryl methyl sites for hydroxylation is 1. The summed E-state index contributed by atoms with van der Waals surface area (Å²) in [7, 11) is 0. The van der Waals surface area contributed by atoms with Crippen molar-refractivity contribution in [3.8, 4) is 11.4 Å². The summed E-state index contributed by atoms with van der Waals surface area (Å²) in [5, 5.41) is 0. The minimum Gasteiger partial charge on any atom is -0.308 e. The highest BCUT2D eigenvalue weighted by molar-refractivity contribution is 7.98. The first kappa shape index (κ1) is 12.4. The van der Waals surface area contributed by atoms with Gasteiger partial charge in [-0.2, -0.15) is 11.8 Å². The normalized spacial score (nSPS) is 13.4. The van der Waals surface area contributed by atoms with Gasteiger partial charge in [-0.05, 0) is 30.7 Å². The van der Waals surface area contributed by atoms with Gasteiger partial charge in [-0.3, -0.25) is 0 Å². The number of halogens is 1. The Hall–Kier alpha value is -1.66. The number of thioether (sulfide) groups is 1. The molecule has 3 N–H and O–H groups in total. The van der Waals surface area contributed by atoms with E-state index in [2.05, 4.69) is 15.4 Å². The molecule has 0 radical (unpaired) electrons. The van der Waals surface area contributed by atoms with Gasteiger partial charge >= 0.3 is 0 Å². The summed E-state index contributed by atoms with van der Waals surface area (Å²) >= 11 is 1.77. The molecule has 0 atom stereocenters. The molecule has 1 aromatic carbocycles. The van der Waals surface area contributed by atoms with E-state index in [1.165, 1.54) is 12.1 Å². The number of aromatic nitrogens is 2. The molecule has 2 heterocycles. The molecule has 1 aliphatic rings. The first-order valence-electron chi connectivity index (χ1n) is 5.89. The number of nitrogens with zero attached hydrogens (tertiary/aromatic N) is 2. The first-order valence-corrected chi connectivity index (χ1v) is 7.04. The van der Waals surface area contributed by atoms with Crippen molar-refractivity contribution in [3.63, 3.8) is 0 Å². The molecule has 3 rings (SSSR count). The Kier molecular flexibility index (Phi) is 3.12. The number of benzene rings is 1. The zero-order valence-corrected chi connectivity index (χ0v) is 11.2. The van der Waals surface area contributed by atoms with Crippen LogP contribution in [0, 0.1) is 12.7 Å². The number of rotatable bonds is 2. The molecule has 0 fully saturated rings. The predicted octanol–water partition coefficient (Wildman–Crippen LogP) is 2.62. The average Bonchev–Trinajstić information content (AvgIpc) is 2.84. The summed E-state index contributed by atoms with van der Waals surface area (Å²) in [4.78, 5) is 8.91. The van der Waals surface area contributed by atoms with E-state index < -0.39 is 0 Å². The molecular formula is C13H13FN4S. The molecule has 0 bridgehead atoms. The Bertz CT molecular complexity index is 625. The standard InChI is InChI=1S/C13H13FN4S/c1-7-2-8(4-9(14)3-7)12-16-11-6-19-5-10(11)13(17-12)18-15/h2-4H,5-6,15H2,1H3,(H,16,17,18). The number of nitrogen functional groups attached to an aromatic ring is 1. The van der Waals surface area contributed by atoms with Gasteiger partial charge in [-0.25, -0.2) is 20.2 Å². The predicted molar refractivity (Wildman–Crippen MR) is 75.0 cm³/mol. The number of fused-ring (bicyclic) bond motifs is 1. The zero-order valence-electron chi connectivity index (χ0n) is 10.4. The molecule has 4 nitrogen and oxygen atoms in total. The molecule has 19 heavy (non-hydrogen) atoms. The third-order valence-corrected chi connectivity index (χ3v) is 3.99.